The molecule has 106 valence electrons. The zero-order chi connectivity index (χ0) is 13.7. The number of alkyl halides is 1. The highest BCUT2D eigenvalue weighted by molar-refractivity contribution is 6.17. The van der Waals surface area contributed by atoms with E-state index in [1.807, 2.05) is 0 Å². The van der Waals surface area contributed by atoms with Gasteiger partial charge in [0.05, 0.1) is 11.0 Å². The molecule has 0 N–H and O–H groups in total. The van der Waals surface area contributed by atoms with Crippen LogP contribution >= 0.6 is 11.6 Å². The van der Waals surface area contributed by atoms with Crippen LogP contribution in [0.25, 0.3) is 11.0 Å². The van der Waals surface area contributed by atoms with Gasteiger partial charge in [-0.05, 0) is 55.7 Å². The van der Waals surface area contributed by atoms with Gasteiger partial charge < -0.3 is 4.57 Å². The molecule has 0 radical (unpaired) electrons. The smallest absolute Gasteiger partial charge is 0.125 e. The molecule has 1 heterocycles. The minimum absolute atomic E-state index is 0.179. The lowest BCUT2D eigenvalue weighted by molar-refractivity contribution is 0.393. The number of aromatic nitrogens is 2. The van der Waals surface area contributed by atoms with Gasteiger partial charge in [-0.15, -0.1) is 11.6 Å². The van der Waals surface area contributed by atoms with Gasteiger partial charge in [0.25, 0.3) is 0 Å². The number of benzene rings is 1. The van der Waals surface area contributed by atoms with E-state index in [0.29, 0.717) is 11.9 Å². The van der Waals surface area contributed by atoms with Crippen LogP contribution in [0.2, 0.25) is 0 Å². The van der Waals surface area contributed by atoms with Crippen molar-refractivity contribution >= 4 is 22.6 Å². The molecule has 1 aromatic carbocycles. The molecule has 0 atom stereocenters. The fourth-order valence-electron chi connectivity index (χ4n) is 3.39. The highest BCUT2D eigenvalue weighted by Crippen LogP contribution is 2.53. The summed E-state index contributed by atoms with van der Waals surface area (Å²) in [7, 11) is 0. The Balaban J connectivity index is 1.88. The van der Waals surface area contributed by atoms with Gasteiger partial charge in [-0.2, -0.15) is 0 Å². The summed E-state index contributed by atoms with van der Waals surface area (Å²) in [5.41, 5.74) is 1.85. The van der Waals surface area contributed by atoms with Gasteiger partial charge >= 0.3 is 0 Å². The standard InChI is InChI=1S/C16H18ClFN2/c17-8-7-15-19-13-6-5-12(18)9-14(13)20(15)16(10-1-2-10)11-3-4-11/h5-6,9-11,16H,1-4,7-8H2. The Morgan fingerprint density at radius 1 is 1.25 bits per heavy atom. The first-order chi connectivity index (χ1) is 9.78. The van der Waals surface area contributed by atoms with Crippen molar-refractivity contribution in [1.82, 2.24) is 9.55 Å². The fraction of sp³-hybridized carbons (Fsp3) is 0.562. The maximum atomic E-state index is 13.6. The molecule has 2 aliphatic rings. The first-order valence-corrected chi connectivity index (χ1v) is 8.03. The van der Waals surface area contributed by atoms with Crippen LogP contribution in [0, 0.1) is 17.7 Å². The first-order valence-electron chi connectivity index (χ1n) is 7.50. The van der Waals surface area contributed by atoms with E-state index < -0.39 is 0 Å². The van der Waals surface area contributed by atoms with Crippen LogP contribution in [-0.2, 0) is 6.42 Å². The molecule has 4 heteroatoms. The van der Waals surface area contributed by atoms with Gasteiger partial charge in [0, 0.05) is 18.3 Å². The van der Waals surface area contributed by atoms with Crippen molar-refractivity contribution in [2.75, 3.05) is 5.88 Å². The number of halogens is 2. The molecule has 20 heavy (non-hydrogen) atoms. The molecule has 0 amide bonds. The number of rotatable bonds is 5. The minimum atomic E-state index is -0.179. The van der Waals surface area contributed by atoms with Gasteiger partial charge in [0.15, 0.2) is 0 Å². The number of nitrogens with zero attached hydrogens (tertiary/aromatic N) is 2. The number of imidazole rings is 1. The third kappa shape index (κ3) is 2.12. The van der Waals surface area contributed by atoms with Crippen molar-refractivity contribution in [3.8, 4) is 0 Å². The zero-order valence-corrected chi connectivity index (χ0v) is 12.1. The van der Waals surface area contributed by atoms with E-state index in [4.69, 9.17) is 16.6 Å². The number of aryl methyl sites for hydroxylation is 1. The lowest BCUT2D eigenvalue weighted by atomic mass is 10.1. The Kier molecular flexibility index (Phi) is 2.99. The third-order valence-corrected chi connectivity index (χ3v) is 4.74. The molecule has 4 rings (SSSR count). The lowest BCUT2D eigenvalue weighted by Gasteiger charge is -2.21. The maximum absolute atomic E-state index is 13.6. The highest BCUT2D eigenvalue weighted by atomic mass is 35.5. The fourth-order valence-corrected chi connectivity index (χ4v) is 3.56. The molecule has 2 aliphatic carbocycles. The molecular weight excluding hydrogens is 275 g/mol. The van der Waals surface area contributed by atoms with E-state index in [0.717, 1.165) is 35.1 Å². The summed E-state index contributed by atoms with van der Waals surface area (Å²) in [6.07, 6.45) is 5.97. The number of fused-ring (bicyclic) bond motifs is 1. The van der Waals surface area contributed by atoms with Crippen LogP contribution in [0.15, 0.2) is 18.2 Å². The average Bonchev–Trinajstić information content (AvgIpc) is 3.32. The van der Waals surface area contributed by atoms with Gasteiger partial charge in [-0.25, -0.2) is 9.37 Å². The average molecular weight is 293 g/mol. The Morgan fingerprint density at radius 2 is 1.95 bits per heavy atom. The highest BCUT2D eigenvalue weighted by Gasteiger charge is 2.43. The van der Waals surface area contributed by atoms with E-state index in [2.05, 4.69) is 4.57 Å². The molecule has 0 unspecified atom stereocenters. The second kappa shape index (κ2) is 4.73. The van der Waals surface area contributed by atoms with E-state index >= 15 is 0 Å². The second-order valence-electron chi connectivity index (χ2n) is 6.14. The van der Waals surface area contributed by atoms with Gasteiger partial charge in [-0.1, -0.05) is 0 Å². The Morgan fingerprint density at radius 3 is 2.55 bits per heavy atom. The number of hydrogen-bond donors (Lipinski definition) is 0. The topological polar surface area (TPSA) is 17.8 Å². The Bertz CT molecular complexity index is 631. The normalized spacial score (nSPS) is 19.1. The third-order valence-electron chi connectivity index (χ3n) is 4.55. The maximum Gasteiger partial charge on any atom is 0.125 e. The summed E-state index contributed by atoms with van der Waals surface area (Å²) >= 11 is 5.93. The minimum Gasteiger partial charge on any atom is -0.324 e. The summed E-state index contributed by atoms with van der Waals surface area (Å²) in [4.78, 5) is 4.70. The largest absolute Gasteiger partial charge is 0.324 e. The summed E-state index contributed by atoms with van der Waals surface area (Å²) in [6, 6.07) is 5.43. The molecular formula is C16H18ClFN2. The predicted octanol–water partition coefficient (Wildman–Crippen LogP) is 4.32. The van der Waals surface area contributed by atoms with Gasteiger partial charge in [0.2, 0.25) is 0 Å². The van der Waals surface area contributed by atoms with Crippen LogP contribution in [0.1, 0.15) is 37.5 Å². The van der Waals surface area contributed by atoms with Crippen molar-refractivity contribution in [2.24, 2.45) is 11.8 Å². The van der Waals surface area contributed by atoms with Gasteiger partial charge in [-0.3, -0.25) is 0 Å². The Labute approximate surface area is 122 Å². The van der Waals surface area contributed by atoms with Crippen LogP contribution in [0.4, 0.5) is 4.39 Å². The van der Waals surface area contributed by atoms with Crippen molar-refractivity contribution < 1.29 is 4.39 Å². The van der Waals surface area contributed by atoms with Crippen molar-refractivity contribution in [3.05, 3.63) is 29.8 Å². The Hall–Kier alpha value is -1.09. The van der Waals surface area contributed by atoms with E-state index in [-0.39, 0.29) is 5.82 Å². The second-order valence-corrected chi connectivity index (χ2v) is 6.51. The van der Waals surface area contributed by atoms with E-state index in [1.165, 1.54) is 31.7 Å². The van der Waals surface area contributed by atoms with Crippen LogP contribution < -0.4 is 0 Å². The summed E-state index contributed by atoms with van der Waals surface area (Å²) in [5, 5.41) is 0. The quantitative estimate of drug-likeness (QED) is 0.751. The lowest BCUT2D eigenvalue weighted by Crippen LogP contribution is -2.17. The summed E-state index contributed by atoms with van der Waals surface area (Å²) in [5.74, 6) is 2.94. The molecule has 0 saturated heterocycles. The van der Waals surface area contributed by atoms with Crippen molar-refractivity contribution in [3.63, 3.8) is 0 Å². The molecule has 2 nitrogen and oxygen atoms in total. The van der Waals surface area contributed by atoms with Crippen molar-refractivity contribution in [1.29, 1.82) is 0 Å². The molecule has 0 aliphatic heterocycles. The number of hydrogen-bond acceptors (Lipinski definition) is 1. The monoisotopic (exact) mass is 292 g/mol. The van der Waals surface area contributed by atoms with Crippen LogP contribution in [0.3, 0.4) is 0 Å². The van der Waals surface area contributed by atoms with Crippen LogP contribution in [-0.4, -0.2) is 15.4 Å². The van der Waals surface area contributed by atoms with Crippen LogP contribution in [0.5, 0.6) is 0 Å². The summed E-state index contributed by atoms with van der Waals surface area (Å²) < 4.78 is 16.0. The first kappa shape index (κ1) is 12.6. The molecule has 0 spiro atoms. The predicted molar refractivity (Wildman–Crippen MR) is 78.6 cm³/mol. The SMILES string of the molecule is Fc1ccc2nc(CCCl)n(C(C3CC3)C3CC3)c2c1. The molecule has 2 fully saturated rings. The summed E-state index contributed by atoms with van der Waals surface area (Å²) in [6.45, 7) is 0. The molecule has 0 bridgehead atoms. The van der Waals surface area contributed by atoms with Crippen molar-refractivity contribution in [2.45, 2.75) is 38.1 Å². The van der Waals surface area contributed by atoms with E-state index in [9.17, 15) is 4.39 Å². The zero-order valence-electron chi connectivity index (χ0n) is 11.4. The molecule has 2 aromatic rings. The molecule has 2 saturated carbocycles. The van der Waals surface area contributed by atoms with E-state index in [1.54, 1.807) is 12.1 Å². The van der Waals surface area contributed by atoms with Gasteiger partial charge in [0.1, 0.15) is 11.6 Å². The molecule has 1 aromatic heterocycles.